The summed E-state index contributed by atoms with van der Waals surface area (Å²) in [5.41, 5.74) is 2.33. The second-order valence-electron chi connectivity index (χ2n) is 9.32. The molecule has 5 rings (SSSR count). The van der Waals surface area contributed by atoms with Crippen LogP contribution in [0.1, 0.15) is 25.3 Å². The van der Waals surface area contributed by atoms with Gasteiger partial charge in [-0.1, -0.05) is 36.8 Å². The van der Waals surface area contributed by atoms with Gasteiger partial charge in [0.05, 0.1) is 23.4 Å². The Bertz CT molecular complexity index is 1180. The minimum Gasteiger partial charge on any atom is -0.426 e. The van der Waals surface area contributed by atoms with Crippen molar-refractivity contribution in [1.29, 1.82) is 0 Å². The normalized spacial score (nSPS) is 26.2. The summed E-state index contributed by atoms with van der Waals surface area (Å²) in [5.74, 6) is -1.84. The maximum absolute atomic E-state index is 12.9. The average molecular weight is 459 g/mol. The van der Waals surface area contributed by atoms with E-state index in [0.29, 0.717) is 17.9 Å². The molecule has 0 N–H and O–H groups in total. The molecule has 2 heterocycles. The van der Waals surface area contributed by atoms with Gasteiger partial charge in [0.25, 0.3) is 0 Å². The van der Waals surface area contributed by atoms with Crippen LogP contribution >= 0.6 is 0 Å². The first-order chi connectivity index (χ1) is 16.3. The highest BCUT2D eigenvalue weighted by molar-refractivity contribution is 6.22. The van der Waals surface area contributed by atoms with E-state index in [-0.39, 0.29) is 48.4 Å². The zero-order chi connectivity index (χ0) is 24.0. The third-order valence-electron chi connectivity index (χ3n) is 6.99. The quantitative estimate of drug-likeness (QED) is 0.302. The van der Waals surface area contributed by atoms with Crippen LogP contribution in [0.4, 0.5) is 11.4 Å². The topological polar surface area (TPSA) is 84.0 Å². The fourth-order valence-electron chi connectivity index (χ4n) is 5.10. The van der Waals surface area contributed by atoms with Gasteiger partial charge in [-0.05, 0) is 55.7 Å². The first-order valence-corrected chi connectivity index (χ1v) is 11.6. The lowest BCUT2D eigenvalue weighted by atomic mass is 9.78. The molecule has 2 fully saturated rings. The largest absolute Gasteiger partial charge is 0.426 e. The predicted molar refractivity (Wildman–Crippen MR) is 126 cm³/mol. The summed E-state index contributed by atoms with van der Waals surface area (Å²) in [5, 5.41) is 0. The third-order valence-corrected chi connectivity index (χ3v) is 6.99. The number of hydrogen-bond donors (Lipinski definition) is 0. The van der Waals surface area contributed by atoms with Crippen LogP contribution in [-0.2, 0) is 19.2 Å². The van der Waals surface area contributed by atoms with E-state index in [1.807, 2.05) is 50.3 Å². The van der Waals surface area contributed by atoms with E-state index in [2.05, 4.69) is 0 Å². The van der Waals surface area contributed by atoms with E-state index in [1.54, 1.807) is 29.2 Å². The molecule has 34 heavy (non-hydrogen) atoms. The van der Waals surface area contributed by atoms with Crippen molar-refractivity contribution in [1.82, 2.24) is 0 Å². The molecular weight excluding hydrogens is 432 g/mol. The number of allylic oxidation sites excluding steroid dienone is 2. The molecule has 2 aromatic carbocycles. The Balaban J connectivity index is 1.25. The summed E-state index contributed by atoms with van der Waals surface area (Å²) in [6, 6.07) is 14.0. The SMILES string of the molecule is Cc1ccc(N2C[C@H](C(=O)Oc3ccc(N4C(=O)[C@@H]5[C@@H](C)C=CC[C@H]5C4=O)cc3)CC2=O)cc1. The summed E-state index contributed by atoms with van der Waals surface area (Å²) in [4.78, 5) is 53.8. The van der Waals surface area contributed by atoms with Crippen molar-refractivity contribution in [2.45, 2.75) is 26.7 Å². The van der Waals surface area contributed by atoms with Crippen molar-refractivity contribution in [2.24, 2.45) is 23.7 Å². The molecule has 7 heteroatoms. The van der Waals surface area contributed by atoms with Crippen molar-refractivity contribution < 1.29 is 23.9 Å². The monoisotopic (exact) mass is 458 g/mol. The van der Waals surface area contributed by atoms with Crippen molar-refractivity contribution in [3.8, 4) is 5.75 Å². The molecule has 0 unspecified atom stereocenters. The fraction of sp³-hybridized carbons (Fsp3) is 0.333. The average Bonchev–Trinajstić information content (AvgIpc) is 3.33. The van der Waals surface area contributed by atoms with E-state index < -0.39 is 11.9 Å². The number of esters is 1. The van der Waals surface area contributed by atoms with Crippen LogP contribution in [-0.4, -0.2) is 30.2 Å². The standard InChI is InChI=1S/C27H26N2O5/c1-16-6-8-19(9-7-16)28-15-18(14-23(28)30)27(33)34-21-12-10-20(11-13-21)29-25(31)22-5-3-4-17(2)24(22)26(29)32/h3-4,6-13,17-18,22,24H,5,14-15H2,1-2H3/t17-,18+,22+,24+/m0/s1. The van der Waals surface area contributed by atoms with Gasteiger partial charge >= 0.3 is 5.97 Å². The van der Waals surface area contributed by atoms with Gasteiger partial charge in [0, 0.05) is 18.7 Å². The highest BCUT2D eigenvalue weighted by Gasteiger charge is 2.50. The highest BCUT2D eigenvalue weighted by atomic mass is 16.5. The Morgan fingerprint density at radius 3 is 2.29 bits per heavy atom. The van der Waals surface area contributed by atoms with E-state index in [9.17, 15) is 19.2 Å². The Hall–Kier alpha value is -3.74. The first-order valence-electron chi connectivity index (χ1n) is 11.6. The Morgan fingerprint density at radius 1 is 0.941 bits per heavy atom. The zero-order valence-electron chi connectivity index (χ0n) is 19.1. The number of nitrogens with zero attached hydrogens (tertiary/aromatic N) is 2. The summed E-state index contributed by atoms with van der Waals surface area (Å²) in [7, 11) is 0. The van der Waals surface area contributed by atoms with Gasteiger partial charge in [0.2, 0.25) is 17.7 Å². The van der Waals surface area contributed by atoms with Gasteiger partial charge in [-0.15, -0.1) is 0 Å². The van der Waals surface area contributed by atoms with Gasteiger partial charge in [-0.2, -0.15) is 0 Å². The molecule has 3 aliphatic rings. The number of amides is 3. The number of carbonyl (C=O) groups excluding carboxylic acids is 4. The molecule has 0 radical (unpaired) electrons. The zero-order valence-corrected chi connectivity index (χ0v) is 19.1. The number of hydrogen-bond acceptors (Lipinski definition) is 5. The van der Waals surface area contributed by atoms with E-state index in [4.69, 9.17) is 4.74 Å². The molecule has 3 amide bonds. The number of benzene rings is 2. The summed E-state index contributed by atoms with van der Waals surface area (Å²) in [6.07, 6.45) is 4.63. The molecule has 2 saturated heterocycles. The second-order valence-corrected chi connectivity index (χ2v) is 9.32. The Kier molecular flexibility index (Phi) is 5.55. The number of imide groups is 1. The molecule has 2 aromatic rings. The molecule has 0 bridgehead atoms. The van der Waals surface area contributed by atoms with Gasteiger partial charge in [0.15, 0.2) is 0 Å². The van der Waals surface area contributed by atoms with Crippen molar-refractivity contribution >= 4 is 35.1 Å². The number of anilines is 2. The number of carbonyl (C=O) groups is 4. The lowest BCUT2D eigenvalue weighted by molar-refractivity contribution is -0.139. The molecule has 7 nitrogen and oxygen atoms in total. The van der Waals surface area contributed by atoms with Crippen LogP contribution in [0.15, 0.2) is 60.7 Å². The van der Waals surface area contributed by atoms with Crippen LogP contribution in [0, 0.1) is 30.6 Å². The molecule has 0 aromatic heterocycles. The van der Waals surface area contributed by atoms with Crippen molar-refractivity contribution in [3.63, 3.8) is 0 Å². The summed E-state index contributed by atoms with van der Waals surface area (Å²) >= 11 is 0. The summed E-state index contributed by atoms with van der Waals surface area (Å²) < 4.78 is 5.52. The van der Waals surface area contributed by atoms with E-state index in [1.165, 1.54) is 4.90 Å². The lowest BCUT2D eigenvalue weighted by Crippen LogP contribution is -2.31. The van der Waals surface area contributed by atoms with Gasteiger partial charge in [-0.3, -0.25) is 24.1 Å². The first kappa shape index (κ1) is 22.1. The maximum atomic E-state index is 12.9. The maximum Gasteiger partial charge on any atom is 0.316 e. The van der Waals surface area contributed by atoms with Crippen LogP contribution in [0.25, 0.3) is 0 Å². The minimum absolute atomic E-state index is 0.0222. The lowest BCUT2D eigenvalue weighted by Gasteiger charge is -2.22. The van der Waals surface area contributed by atoms with Crippen LogP contribution < -0.4 is 14.5 Å². The molecule has 0 saturated carbocycles. The Morgan fingerprint density at radius 2 is 1.62 bits per heavy atom. The van der Waals surface area contributed by atoms with Crippen molar-refractivity contribution in [2.75, 3.05) is 16.3 Å². The van der Waals surface area contributed by atoms with Gasteiger partial charge in [0.1, 0.15) is 5.75 Å². The number of fused-ring (bicyclic) bond motifs is 1. The molecule has 174 valence electrons. The molecule has 0 spiro atoms. The van der Waals surface area contributed by atoms with E-state index >= 15 is 0 Å². The van der Waals surface area contributed by atoms with Crippen LogP contribution in [0.2, 0.25) is 0 Å². The number of ether oxygens (including phenoxy) is 1. The fourth-order valence-corrected chi connectivity index (χ4v) is 5.10. The smallest absolute Gasteiger partial charge is 0.316 e. The van der Waals surface area contributed by atoms with E-state index in [0.717, 1.165) is 11.3 Å². The van der Waals surface area contributed by atoms with Crippen LogP contribution in [0.3, 0.4) is 0 Å². The predicted octanol–water partition coefficient (Wildman–Crippen LogP) is 3.66. The number of aryl methyl sites for hydroxylation is 1. The Labute approximate surface area is 198 Å². The molecule has 4 atom stereocenters. The third kappa shape index (κ3) is 3.81. The second kappa shape index (κ2) is 8.56. The molecule has 2 aliphatic heterocycles. The molecular formula is C27H26N2O5. The number of rotatable bonds is 4. The molecule has 1 aliphatic carbocycles. The van der Waals surface area contributed by atoms with Gasteiger partial charge in [-0.25, -0.2) is 0 Å². The van der Waals surface area contributed by atoms with Gasteiger partial charge < -0.3 is 9.64 Å². The van der Waals surface area contributed by atoms with Crippen LogP contribution in [0.5, 0.6) is 5.75 Å². The van der Waals surface area contributed by atoms with Crippen molar-refractivity contribution in [3.05, 3.63) is 66.2 Å². The summed E-state index contributed by atoms with van der Waals surface area (Å²) in [6.45, 7) is 4.20. The minimum atomic E-state index is -0.563. The highest BCUT2D eigenvalue weighted by Crippen LogP contribution is 2.40.